The van der Waals surface area contributed by atoms with E-state index in [1.165, 1.54) is 0 Å². The van der Waals surface area contributed by atoms with Gasteiger partial charge in [-0.2, -0.15) is 0 Å². The molecule has 0 saturated carbocycles. The number of ether oxygens (including phenoxy) is 2. The Kier molecular flexibility index (Phi) is 7.36. The van der Waals surface area contributed by atoms with Crippen molar-refractivity contribution < 1.29 is 9.47 Å². The van der Waals surface area contributed by atoms with E-state index >= 15 is 0 Å². The molecule has 146 valence electrons. The van der Waals surface area contributed by atoms with Crippen LogP contribution in [0.2, 0.25) is 15.1 Å². The maximum atomic E-state index is 6.04. The monoisotopic (exact) mass is 499 g/mol. The van der Waals surface area contributed by atoms with Gasteiger partial charge in [0.05, 0.1) is 11.6 Å². The molecule has 0 fully saturated rings. The molecule has 0 atom stereocenters. The van der Waals surface area contributed by atoms with E-state index in [0.717, 1.165) is 21.3 Å². The van der Waals surface area contributed by atoms with Crippen molar-refractivity contribution in [2.24, 2.45) is 0 Å². The van der Waals surface area contributed by atoms with Crippen molar-refractivity contribution >= 4 is 56.4 Å². The van der Waals surface area contributed by atoms with Crippen molar-refractivity contribution in [3.8, 4) is 11.5 Å². The highest BCUT2D eigenvalue weighted by Crippen LogP contribution is 2.37. The summed E-state index contributed by atoms with van der Waals surface area (Å²) < 4.78 is 12.3. The molecule has 3 aromatic carbocycles. The number of hydrogen-bond acceptors (Lipinski definition) is 3. The molecule has 0 aliphatic heterocycles. The van der Waals surface area contributed by atoms with Gasteiger partial charge in [0.25, 0.3) is 0 Å². The number of anilines is 1. The van der Waals surface area contributed by atoms with Crippen molar-refractivity contribution in [1.82, 2.24) is 0 Å². The summed E-state index contributed by atoms with van der Waals surface area (Å²) in [7, 11) is 1.62. The van der Waals surface area contributed by atoms with Crippen molar-refractivity contribution in [3.63, 3.8) is 0 Å². The highest BCUT2D eigenvalue weighted by Gasteiger charge is 2.12. The fourth-order valence-corrected chi connectivity index (χ4v) is 3.87. The topological polar surface area (TPSA) is 30.5 Å². The van der Waals surface area contributed by atoms with Gasteiger partial charge < -0.3 is 14.8 Å². The molecule has 3 rings (SSSR count). The lowest BCUT2D eigenvalue weighted by Crippen LogP contribution is -2.03. The molecular weight excluding hydrogens is 484 g/mol. The number of nitrogens with one attached hydrogen (secondary N) is 1. The maximum absolute atomic E-state index is 6.04. The first-order valence-corrected chi connectivity index (χ1v) is 10.3. The van der Waals surface area contributed by atoms with Crippen LogP contribution in [-0.2, 0) is 13.2 Å². The quantitative estimate of drug-likeness (QED) is 0.361. The Hall–Kier alpha value is -1.59. The maximum Gasteiger partial charge on any atom is 0.175 e. The minimum absolute atomic E-state index is 0.407. The Morgan fingerprint density at radius 2 is 1.54 bits per heavy atom. The highest BCUT2D eigenvalue weighted by molar-refractivity contribution is 9.10. The molecule has 0 saturated heterocycles. The van der Waals surface area contributed by atoms with Gasteiger partial charge in [-0.15, -0.1) is 0 Å². The van der Waals surface area contributed by atoms with Gasteiger partial charge in [0, 0.05) is 27.3 Å². The fourth-order valence-electron chi connectivity index (χ4n) is 2.61. The van der Waals surface area contributed by atoms with Crippen molar-refractivity contribution in [2.75, 3.05) is 12.4 Å². The first kappa shape index (κ1) is 21.1. The van der Waals surface area contributed by atoms with Gasteiger partial charge in [-0.05, 0) is 69.5 Å². The molecule has 0 amide bonds. The van der Waals surface area contributed by atoms with E-state index in [4.69, 9.17) is 44.3 Å². The van der Waals surface area contributed by atoms with Crippen LogP contribution in [0.15, 0.2) is 59.1 Å². The lowest BCUT2D eigenvalue weighted by atomic mass is 10.2. The van der Waals surface area contributed by atoms with Crippen molar-refractivity contribution in [3.05, 3.63) is 85.3 Å². The molecule has 0 aromatic heterocycles. The number of methoxy groups -OCH3 is 1. The summed E-state index contributed by atoms with van der Waals surface area (Å²) in [4.78, 5) is 0. The van der Waals surface area contributed by atoms with Gasteiger partial charge in [0.2, 0.25) is 0 Å². The Bertz CT molecular complexity index is 944. The van der Waals surface area contributed by atoms with Crippen molar-refractivity contribution in [1.29, 1.82) is 0 Å². The molecule has 0 heterocycles. The van der Waals surface area contributed by atoms with E-state index in [2.05, 4.69) is 21.2 Å². The summed E-state index contributed by atoms with van der Waals surface area (Å²) in [6.45, 7) is 0.980. The molecule has 0 unspecified atom stereocenters. The molecule has 3 aromatic rings. The molecule has 1 N–H and O–H groups in total. The SMILES string of the molecule is COc1cc(CNc2cc(Cl)cc(Cl)c2)cc(Br)c1OCc1ccc(Cl)cc1. The van der Waals surface area contributed by atoms with E-state index < -0.39 is 0 Å². The number of halogens is 4. The zero-order valence-electron chi connectivity index (χ0n) is 14.9. The predicted octanol–water partition coefficient (Wildman–Crippen LogP) is 7.61. The average molecular weight is 502 g/mol. The van der Waals surface area contributed by atoms with Crippen LogP contribution in [0.5, 0.6) is 11.5 Å². The van der Waals surface area contributed by atoms with Crippen LogP contribution < -0.4 is 14.8 Å². The van der Waals surface area contributed by atoms with Crippen LogP contribution in [-0.4, -0.2) is 7.11 Å². The third-order valence-corrected chi connectivity index (χ3v) is 5.22. The lowest BCUT2D eigenvalue weighted by Gasteiger charge is -2.15. The smallest absolute Gasteiger partial charge is 0.175 e. The second-order valence-electron chi connectivity index (χ2n) is 6.04. The standard InChI is InChI=1S/C21H17BrCl3NO2/c1-27-20-7-14(11-26-18-9-16(24)8-17(25)10-18)6-19(22)21(20)28-12-13-2-4-15(23)5-3-13/h2-10,26H,11-12H2,1H3. The Morgan fingerprint density at radius 3 is 2.18 bits per heavy atom. The predicted molar refractivity (Wildman–Crippen MR) is 120 cm³/mol. The summed E-state index contributed by atoms with van der Waals surface area (Å²) in [6, 6.07) is 16.8. The number of benzene rings is 3. The zero-order valence-corrected chi connectivity index (χ0v) is 18.8. The van der Waals surface area contributed by atoms with Gasteiger partial charge in [0.1, 0.15) is 6.61 Å². The van der Waals surface area contributed by atoms with Crippen LogP contribution in [0.4, 0.5) is 5.69 Å². The normalized spacial score (nSPS) is 10.6. The summed E-state index contributed by atoms with van der Waals surface area (Å²) in [5.74, 6) is 1.29. The first-order valence-electron chi connectivity index (χ1n) is 8.38. The van der Waals surface area contributed by atoms with Crippen LogP contribution in [0.3, 0.4) is 0 Å². The first-order chi connectivity index (χ1) is 13.4. The minimum atomic E-state index is 0.407. The lowest BCUT2D eigenvalue weighted by molar-refractivity contribution is 0.282. The molecular formula is C21H17BrCl3NO2. The van der Waals surface area contributed by atoms with Gasteiger partial charge in [-0.1, -0.05) is 46.9 Å². The molecule has 0 spiro atoms. The second-order valence-corrected chi connectivity index (χ2v) is 8.20. The molecule has 0 radical (unpaired) electrons. The Labute approximate surface area is 187 Å². The van der Waals surface area contributed by atoms with E-state index in [1.54, 1.807) is 13.2 Å². The summed E-state index contributed by atoms with van der Waals surface area (Å²) in [6.07, 6.45) is 0. The average Bonchev–Trinajstić information content (AvgIpc) is 2.65. The molecule has 0 bridgehead atoms. The van der Waals surface area contributed by atoms with Crippen LogP contribution >= 0.6 is 50.7 Å². The molecule has 3 nitrogen and oxygen atoms in total. The van der Waals surface area contributed by atoms with Crippen molar-refractivity contribution in [2.45, 2.75) is 13.2 Å². The third-order valence-electron chi connectivity index (χ3n) is 3.94. The molecule has 28 heavy (non-hydrogen) atoms. The summed E-state index contributed by atoms with van der Waals surface area (Å²) >= 11 is 21.6. The largest absolute Gasteiger partial charge is 0.493 e. The van der Waals surface area contributed by atoms with Gasteiger partial charge in [0.15, 0.2) is 11.5 Å². The van der Waals surface area contributed by atoms with E-state index in [1.807, 2.05) is 48.5 Å². The second kappa shape index (κ2) is 9.75. The van der Waals surface area contributed by atoms with Gasteiger partial charge in [-0.3, -0.25) is 0 Å². The Morgan fingerprint density at radius 1 is 0.857 bits per heavy atom. The number of hydrogen-bond donors (Lipinski definition) is 1. The molecule has 7 heteroatoms. The zero-order chi connectivity index (χ0) is 20.1. The van der Waals surface area contributed by atoms with Gasteiger partial charge >= 0.3 is 0 Å². The Balaban J connectivity index is 1.72. The highest BCUT2D eigenvalue weighted by atomic mass is 79.9. The van der Waals surface area contributed by atoms with E-state index in [9.17, 15) is 0 Å². The molecule has 0 aliphatic carbocycles. The number of rotatable bonds is 7. The van der Waals surface area contributed by atoms with E-state index in [0.29, 0.717) is 39.7 Å². The third kappa shape index (κ3) is 5.71. The molecule has 0 aliphatic rings. The van der Waals surface area contributed by atoms with Crippen LogP contribution in [0.1, 0.15) is 11.1 Å². The van der Waals surface area contributed by atoms with Gasteiger partial charge in [-0.25, -0.2) is 0 Å². The summed E-state index contributed by atoms with van der Waals surface area (Å²) in [5.41, 5.74) is 2.87. The minimum Gasteiger partial charge on any atom is -0.493 e. The van der Waals surface area contributed by atoms with Crippen LogP contribution in [0.25, 0.3) is 0 Å². The summed E-state index contributed by atoms with van der Waals surface area (Å²) in [5, 5.41) is 5.17. The van der Waals surface area contributed by atoms with Crippen LogP contribution in [0, 0.1) is 0 Å². The fraction of sp³-hybridized carbons (Fsp3) is 0.143. The van der Waals surface area contributed by atoms with E-state index in [-0.39, 0.29) is 0 Å².